The number of carboxylic acids is 1. The predicted octanol–water partition coefficient (Wildman–Crippen LogP) is -1.66. The molecule has 14 heteroatoms. The number of nitrogens with two attached hydrogens (primary N) is 2. The molecular weight excluding hydrogens is 494 g/mol. The minimum Gasteiger partial charge on any atom is -0.480 e. The second-order valence-corrected chi connectivity index (χ2v) is 8.73. The maximum Gasteiger partial charge on any atom is 0.326 e. The van der Waals surface area contributed by atoms with Crippen molar-refractivity contribution in [2.75, 3.05) is 6.54 Å². The van der Waals surface area contributed by atoms with Gasteiger partial charge in [0.2, 0.25) is 17.7 Å². The van der Waals surface area contributed by atoms with Gasteiger partial charge in [-0.05, 0) is 25.3 Å². The summed E-state index contributed by atoms with van der Waals surface area (Å²) in [6.07, 6.45) is 3.74. The molecule has 0 aliphatic carbocycles. The highest BCUT2D eigenvalue weighted by Crippen LogP contribution is 2.06. The monoisotopic (exact) mass is 529 g/mol. The van der Waals surface area contributed by atoms with Crippen molar-refractivity contribution in [2.45, 2.75) is 56.8 Å². The van der Waals surface area contributed by atoms with Gasteiger partial charge in [0.25, 0.3) is 0 Å². The van der Waals surface area contributed by atoms with E-state index in [0.717, 1.165) is 0 Å². The van der Waals surface area contributed by atoms with Crippen LogP contribution in [-0.2, 0) is 32.0 Å². The van der Waals surface area contributed by atoms with Gasteiger partial charge in [0.05, 0.1) is 18.1 Å². The van der Waals surface area contributed by atoms with Crippen LogP contribution >= 0.6 is 0 Å². The number of hydrogen-bond donors (Lipinski definition) is 9. The van der Waals surface area contributed by atoms with Gasteiger partial charge in [0.1, 0.15) is 18.1 Å². The first-order valence-corrected chi connectivity index (χ1v) is 12.1. The van der Waals surface area contributed by atoms with Crippen molar-refractivity contribution in [3.8, 4) is 0 Å². The van der Waals surface area contributed by atoms with Crippen LogP contribution in [0, 0.1) is 5.41 Å². The van der Waals surface area contributed by atoms with E-state index in [2.05, 4.69) is 31.2 Å². The van der Waals surface area contributed by atoms with Crippen LogP contribution in [0.25, 0.3) is 0 Å². The Morgan fingerprint density at radius 3 is 2.32 bits per heavy atom. The molecule has 1 heterocycles. The summed E-state index contributed by atoms with van der Waals surface area (Å²) >= 11 is 0. The zero-order valence-corrected chi connectivity index (χ0v) is 21.1. The number of rotatable bonds is 15. The van der Waals surface area contributed by atoms with E-state index in [9.17, 15) is 24.3 Å². The third-order valence-corrected chi connectivity index (χ3v) is 5.59. The number of guanidine groups is 1. The number of carboxylic acid groups (broad SMARTS) is 1. The molecule has 1 aromatic heterocycles. The van der Waals surface area contributed by atoms with Crippen LogP contribution in [0.1, 0.15) is 31.0 Å². The van der Waals surface area contributed by atoms with Gasteiger partial charge >= 0.3 is 5.97 Å². The van der Waals surface area contributed by atoms with E-state index >= 15 is 0 Å². The number of aliphatic carboxylic acids is 1. The third kappa shape index (κ3) is 10.3. The number of H-pyrrole nitrogens is 1. The lowest BCUT2D eigenvalue weighted by Gasteiger charge is -2.24. The summed E-state index contributed by atoms with van der Waals surface area (Å²) in [6, 6.07) is 4.50. The van der Waals surface area contributed by atoms with E-state index < -0.39 is 47.9 Å². The SMILES string of the molecule is C[C@H](NC(=O)[C@@H](N)Cc1c[nH]cn1)C(=O)N[C@@H](CCCNC(=N)N)C(=O)N[C@@H](Cc1ccccc1)C(=O)O. The van der Waals surface area contributed by atoms with Crippen LogP contribution in [0.15, 0.2) is 42.9 Å². The van der Waals surface area contributed by atoms with Crippen LogP contribution in [0.5, 0.6) is 0 Å². The number of carbonyl (C=O) groups excluding carboxylic acids is 3. The maximum atomic E-state index is 13.0. The highest BCUT2D eigenvalue weighted by atomic mass is 16.4. The summed E-state index contributed by atoms with van der Waals surface area (Å²) in [6.45, 7) is 1.70. The van der Waals surface area contributed by atoms with Crippen LogP contribution in [0.3, 0.4) is 0 Å². The Morgan fingerprint density at radius 1 is 1.03 bits per heavy atom. The first kappa shape index (κ1) is 29.8. The standard InChI is InChI=1S/C24H35N9O5/c1-14(31-21(35)17(25)11-16-12-28-13-30-16)20(34)32-18(8-5-9-29-24(26)27)22(36)33-19(23(37)38)10-15-6-3-2-4-7-15/h2-4,6-7,12-14,17-19H,5,8-11,25H2,1H3,(H,28,30)(H,31,35)(H,32,34)(H,33,36)(H,37,38)(H4,26,27,29)/t14-,17-,18-,19-/m0/s1. The molecule has 0 spiro atoms. The minimum atomic E-state index is -1.23. The molecule has 4 atom stereocenters. The molecule has 0 radical (unpaired) electrons. The number of amides is 3. The fourth-order valence-electron chi connectivity index (χ4n) is 3.52. The van der Waals surface area contributed by atoms with E-state index in [1.54, 1.807) is 36.5 Å². The van der Waals surface area contributed by atoms with Gasteiger partial charge in [-0.3, -0.25) is 19.8 Å². The summed E-state index contributed by atoms with van der Waals surface area (Å²) in [5.74, 6) is -3.39. The van der Waals surface area contributed by atoms with Crippen molar-refractivity contribution in [3.63, 3.8) is 0 Å². The molecule has 0 saturated carbocycles. The van der Waals surface area contributed by atoms with Crippen molar-refractivity contribution in [1.29, 1.82) is 5.41 Å². The van der Waals surface area contributed by atoms with Crippen LogP contribution < -0.4 is 32.7 Å². The van der Waals surface area contributed by atoms with Crippen LogP contribution in [0.4, 0.5) is 0 Å². The quantitative estimate of drug-likeness (QED) is 0.0727. The van der Waals surface area contributed by atoms with Crippen molar-refractivity contribution >= 4 is 29.7 Å². The van der Waals surface area contributed by atoms with Crippen molar-refractivity contribution in [1.82, 2.24) is 31.2 Å². The zero-order valence-electron chi connectivity index (χ0n) is 21.1. The second kappa shape index (κ2) is 14.9. The first-order valence-electron chi connectivity index (χ1n) is 12.1. The summed E-state index contributed by atoms with van der Waals surface area (Å²) < 4.78 is 0. The molecule has 2 rings (SSSR count). The van der Waals surface area contributed by atoms with E-state index in [-0.39, 0.29) is 31.8 Å². The Balaban J connectivity index is 2.02. The molecule has 1 aromatic carbocycles. The normalized spacial score (nSPS) is 13.8. The Bertz CT molecular complexity index is 1080. The van der Waals surface area contributed by atoms with E-state index in [4.69, 9.17) is 16.9 Å². The molecule has 0 bridgehead atoms. The number of carbonyl (C=O) groups is 4. The summed E-state index contributed by atoms with van der Waals surface area (Å²) in [5, 5.41) is 27.1. The van der Waals surface area contributed by atoms with Crippen molar-refractivity contribution in [3.05, 3.63) is 54.1 Å². The van der Waals surface area contributed by atoms with Gasteiger partial charge in [-0.25, -0.2) is 9.78 Å². The lowest BCUT2D eigenvalue weighted by molar-refractivity contribution is -0.142. The molecule has 206 valence electrons. The Labute approximate surface area is 219 Å². The highest BCUT2D eigenvalue weighted by molar-refractivity contribution is 5.94. The van der Waals surface area contributed by atoms with E-state index in [1.807, 2.05) is 0 Å². The summed E-state index contributed by atoms with van der Waals surface area (Å²) in [5.41, 5.74) is 12.5. The lowest BCUT2D eigenvalue weighted by atomic mass is 10.0. The Hall–Kier alpha value is -4.46. The first-order chi connectivity index (χ1) is 18.1. The predicted molar refractivity (Wildman–Crippen MR) is 139 cm³/mol. The number of benzene rings is 1. The smallest absolute Gasteiger partial charge is 0.326 e. The molecule has 2 aromatic rings. The number of aromatic amines is 1. The molecule has 3 amide bonds. The molecule has 0 aliphatic heterocycles. The van der Waals surface area contributed by atoms with Gasteiger partial charge in [0.15, 0.2) is 5.96 Å². The molecular formula is C24H35N9O5. The molecule has 14 nitrogen and oxygen atoms in total. The van der Waals surface area contributed by atoms with E-state index in [1.165, 1.54) is 13.3 Å². The number of nitrogens with zero attached hydrogens (tertiary/aromatic N) is 1. The number of aromatic nitrogens is 2. The average molecular weight is 530 g/mol. The van der Waals surface area contributed by atoms with Crippen molar-refractivity contribution in [2.24, 2.45) is 11.5 Å². The molecule has 11 N–H and O–H groups in total. The minimum absolute atomic E-state index is 0.0504. The van der Waals surface area contributed by atoms with Crippen LogP contribution in [-0.4, -0.2) is 75.4 Å². The second-order valence-electron chi connectivity index (χ2n) is 8.73. The third-order valence-electron chi connectivity index (χ3n) is 5.59. The molecule has 0 unspecified atom stereocenters. The lowest BCUT2D eigenvalue weighted by Crippen LogP contribution is -2.56. The van der Waals surface area contributed by atoms with Gasteiger partial charge in [0, 0.05) is 25.6 Å². The summed E-state index contributed by atoms with van der Waals surface area (Å²) in [4.78, 5) is 56.9. The topological polar surface area (TPSA) is 241 Å². The molecule has 38 heavy (non-hydrogen) atoms. The number of hydrogen-bond acceptors (Lipinski definition) is 7. The molecule has 0 aliphatic rings. The number of imidazole rings is 1. The Morgan fingerprint density at radius 2 is 1.71 bits per heavy atom. The fraction of sp³-hybridized carbons (Fsp3) is 0.417. The average Bonchev–Trinajstić information content (AvgIpc) is 3.38. The Kier molecular flexibility index (Phi) is 11.7. The van der Waals surface area contributed by atoms with Crippen molar-refractivity contribution < 1.29 is 24.3 Å². The largest absolute Gasteiger partial charge is 0.480 e. The van der Waals surface area contributed by atoms with Crippen LogP contribution in [0.2, 0.25) is 0 Å². The highest BCUT2D eigenvalue weighted by Gasteiger charge is 2.29. The number of nitrogens with one attached hydrogen (secondary N) is 6. The maximum absolute atomic E-state index is 13.0. The fourth-order valence-corrected chi connectivity index (χ4v) is 3.52. The van der Waals surface area contributed by atoms with Gasteiger partial charge < -0.3 is 42.8 Å². The van der Waals surface area contributed by atoms with Gasteiger partial charge in [-0.1, -0.05) is 30.3 Å². The van der Waals surface area contributed by atoms with Gasteiger partial charge in [-0.15, -0.1) is 0 Å². The zero-order chi connectivity index (χ0) is 28.1. The molecule has 0 saturated heterocycles. The van der Waals surface area contributed by atoms with Gasteiger partial charge in [-0.2, -0.15) is 0 Å². The molecule has 0 fully saturated rings. The summed E-state index contributed by atoms with van der Waals surface area (Å²) in [7, 11) is 0. The van der Waals surface area contributed by atoms with E-state index in [0.29, 0.717) is 17.7 Å².